The first-order valence-corrected chi connectivity index (χ1v) is 7.99. The molecule has 3 rings (SSSR count). The van der Waals surface area contributed by atoms with E-state index in [9.17, 15) is 14.9 Å². The molecule has 0 aliphatic carbocycles. The Labute approximate surface area is 153 Å². The van der Waals surface area contributed by atoms with Crippen LogP contribution in [0.5, 0.6) is 0 Å². The van der Waals surface area contributed by atoms with Crippen molar-refractivity contribution in [2.75, 3.05) is 4.90 Å². The summed E-state index contributed by atoms with van der Waals surface area (Å²) in [4.78, 5) is 25.9. The average Bonchev–Trinajstić information content (AvgIpc) is 2.84. The number of para-hydroxylation sites is 1. The van der Waals surface area contributed by atoms with Gasteiger partial charge in [-0.1, -0.05) is 47.5 Å². The summed E-state index contributed by atoms with van der Waals surface area (Å²) in [6, 6.07) is 13.6. The van der Waals surface area contributed by atoms with Crippen molar-refractivity contribution in [2.24, 2.45) is 5.73 Å². The van der Waals surface area contributed by atoms with Gasteiger partial charge in [-0.15, -0.1) is 0 Å². The molecule has 2 amide bonds. The molecule has 0 saturated carbocycles. The van der Waals surface area contributed by atoms with Gasteiger partial charge in [0, 0.05) is 21.2 Å². The lowest BCUT2D eigenvalue weighted by atomic mass is 10.0. The highest BCUT2D eigenvalue weighted by molar-refractivity contribution is 6.38. The molecule has 7 heteroatoms. The van der Waals surface area contributed by atoms with E-state index in [1.165, 1.54) is 4.90 Å². The van der Waals surface area contributed by atoms with Crippen LogP contribution in [0, 0.1) is 11.3 Å². The third-order valence-corrected chi connectivity index (χ3v) is 4.62. The first-order valence-electron chi connectivity index (χ1n) is 7.24. The Morgan fingerprint density at radius 2 is 1.76 bits per heavy atom. The summed E-state index contributed by atoms with van der Waals surface area (Å²) in [6.07, 6.45) is 0. The number of nitrogens with two attached hydrogens (primary N) is 1. The molecule has 2 N–H and O–H groups in total. The van der Waals surface area contributed by atoms with E-state index in [1.54, 1.807) is 48.5 Å². The van der Waals surface area contributed by atoms with E-state index in [0.29, 0.717) is 26.9 Å². The molecule has 2 aromatic carbocycles. The number of nitrogens with zero attached hydrogens (tertiary/aromatic N) is 2. The fourth-order valence-corrected chi connectivity index (χ4v) is 3.27. The predicted molar refractivity (Wildman–Crippen MR) is 95.8 cm³/mol. The fraction of sp³-hybridized carbons (Fsp3) is 0.0556. The van der Waals surface area contributed by atoms with Gasteiger partial charge in [0.25, 0.3) is 11.8 Å². The van der Waals surface area contributed by atoms with Gasteiger partial charge in [-0.2, -0.15) is 5.26 Å². The molecule has 0 fully saturated rings. The lowest BCUT2D eigenvalue weighted by Crippen LogP contribution is -2.27. The van der Waals surface area contributed by atoms with Gasteiger partial charge in [-0.25, -0.2) is 0 Å². The van der Waals surface area contributed by atoms with E-state index in [-0.39, 0.29) is 17.7 Å². The van der Waals surface area contributed by atoms with E-state index >= 15 is 0 Å². The number of halogens is 2. The highest BCUT2D eigenvalue weighted by atomic mass is 35.5. The number of fused-ring (bicyclic) bond motifs is 1. The van der Waals surface area contributed by atoms with Crippen LogP contribution in [0.25, 0.3) is 5.57 Å². The summed E-state index contributed by atoms with van der Waals surface area (Å²) in [5.74, 6) is -1.44. The molecule has 0 bridgehead atoms. The summed E-state index contributed by atoms with van der Waals surface area (Å²) in [6.45, 7) is 0.106. The maximum Gasteiger partial charge on any atom is 0.260 e. The molecule has 2 aromatic rings. The van der Waals surface area contributed by atoms with E-state index in [1.807, 2.05) is 0 Å². The van der Waals surface area contributed by atoms with E-state index in [2.05, 4.69) is 0 Å². The van der Waals surface area contributed by atoms with Crippen LogP contribution in [0.15, 0.2) is 48.0 Å². The van der Waals surface area contributed by atoms with Crippen molar-refractivity contribution in [2.45, 2.75) is 6.54 Å². The standard InChI is InChI=1S/C18H11Cl2N3O2/c19-13-5-3-6-14(20)12(13)9-23-15-7-2-1-4-10(15)16(18(23)25)11(8-21)17(22)24/h1-7H,9H2,(H2,22,24)/b16-11+. The number of nitriles is 1. The number of primary amides is 1. The lowest BCUT2D eigenvalue weighted by molar-refractivity contribution is -0.115. The third kappa shape index (κ3) is 2.86. The smallest absolute Gasteiger partial charge is 0.260 e. The van der Waals surface area contributed by atoms with Crippen LogP contribution in [0.4, 0.5) is 5.69 Å². The number of amides is 2. The number of hydrogen-bond donors (Lipinski definition) is 1. The molecule has 124 valence electrons. The molecule has 1 aliphatic rings. The van der Waals surface area contributed by atoms with E-state index in [4.69, 9.17) is 28.9 Å². The normalized spacial score (nSPS) is 14.9. The summed E-state index contributed by atoms with van der Waals surface area (Å²) >= 11 is 12.4. The van der Waals surface area contributed by atoms with Crippen LogP contribution >= 0.6 is 23.2 Å². The molecular formula is C18H11Cl2N3O2. The van der Waals surface area contributed by atoms with Crippen molar-refractivity contribution < 1.29 is 9.59 Å². The zero-order chi connectivity index (χ0) is 18.1. The van der Waals surface area contributed by atoms with Crippen molar-refractivity contribution >= 4 is 46.3 Å². The highest BCUT2D eigenvalue weighted by Gasteiger charge is 2.36. The van der Waals surface area contributed by atoms with Gasteiger partial charge in [0.2, 0.25) is 0 Å². The van der Waals surface area contributed by atoms with Crippen molar-refractivity contribution in [1.29, 1.82) is 5.26 Å². The highest BCUT2D eigenvalue weighted by Crippen LogP contribution is 2.40. The Bertz CT molecular complexity index is 956. The van der Waals surface area contributed by atoms with Gasteiger partial charge in [0.1, 0.15) is 11.6 Å². The van der Waals surface area contributed by atoms with Crippen molar-refractivity contribution in [1.82, 2.24) is 0 Å². The molecular weight excluding hydrogens is 361 g/mol. The Kier molecular flexibility index (Phi) is 4.49. The van der Waals surface area contributed by atoms with Gasteiger partial charge in [0.15, 0.2) is 0 Å². The minimum Gasteiger partial charge on any atom is -0.365 e. The number of carbonyl (C=O) groups excluding carboxylic acids is 2. The molecule has 0 saturated heterocycles. The predicted octanol–water partition coefficient (Wildman–Crippen LogP) is 3.30. The first-order chi connectivity index (χ1) is 12.0. The Morgan fingerprint density at radius 3 is 2.36 bits per heavy atom. The van der Waals surface area contributed by atoms with Crippen molar-refractivity contribution in [3.8, 4) is 6.07 Å². The Hall–Kier alpha value is -2.81. The van der Waals surface area contributed by atoms with Crippen LogP contribution in [-0.4, -0.2) is 11.8 Å². The van der Waals surface area contributed by atoms with Gasteiger partial charge in [-0.3, -0.25) is 9.59 Å². The molecule has 0 spiro atoms. The second-order valence-electron chi connectivity index (χ2n) is 5.33. The monoisotopic (exact) mass is 371 g/mol. The molecule has 0 radical (unpaired) electrons. The van der Waals surface area contributed by atoms with Crippen LogP contribution in [-0.2, 0) is 16.1 Å². The largest absolute Gasteiger partial charge is 0.365 e. The topological polar surface area (TPSA) is 87.2 Å². The summed E-state index contributed by atoms with van der Waals surface area (Å²) in [5, 5.41) is 10.1. The minimum atomic E-state index is -0.946. The third-order valence-electron chi connectivity index (χ3n) is 3.91. The summed E-state index contributed by atoms with van der Waals surface area (Å²) in [5.41, 5.74) is 6.50. The SMILES string of the molecule is N#C/C(C(N)=O)=C1\C(=O)N(Cc2c(Cl)cccc2Cl)c2ccccc21. The number of benzene rings is 2. The van der Waals surface area contributed by atoms with Crippen molar-refractivity contribution in [3.63, 3.8) is 0 Å². The molecule has 1 aliphatic heterocycles. The van der Waals surface area contributed by atoms with Crippen molar-refractivity contribution in [3.05, 3.63) is 69.2 Å². The fourth-order valence-electron chi connectivity index (χ4n) is 2.75. The number of hydrogen-bond acceptors (Lipinski definition) is 3. The van der Waals surface area contributed by atoms with E-state index in [0.717, 1.165) is 0 Å². The van der Waals surface area contributed by atoms with Crippen LogP contribution in [0.2, 0.25) is 10.0 Å². The van der Waals surface area contributed by atoms with Crippen LogP contribution in [0.3, 0.4) is 0 Å². The number of carbonyl (C=O) groups is 2. The maximum absolute atomic E-state index is 12.9. The molecule has 5 nitrogen and oxygen atoms in total. The lowest BCUT2D eigenvalue weighted by Gasteiger charge is -2.19. The number of anilines is 1. The summed E-state index contributed by atoms with van der Waals surface area (Å²) in [7, 11) is 0. The van der Waals surface area contributed by atoms with E-state index < -0.39 is 11.8 Å². The summed E-state index contributed by atoms with van der Waals surface area (Å²) < 4.78 is 0. The van der Waals surface area contributed by atoms with Crippen LogP contribution in [0.1, 0.15) is 11.1 Å². The second-order valence-corrected chi connectivity index (χ2v) is 6.15. The molecule has 0 aromatic heterocycles. The van der Waals surface area contributed by atoms with Gasteiger partial charge in [-0.05, 0) is 18.2 Å². The second kappa shape index (κ2) is 6.60. The van der Waals surface area contributed by atoms with Gasteiger partial charge in [0.05, 0.1) is 17.8 Å². The van der Waals surface area contributed by atoms with Crippen LogP contribution < -0.4 is 10.6 Å². The maximum atomic E-state index is 12.9. The molecule has 0 atom stereocenters. The first kappa shape index (κ1) is 17.0. The Balaban J connectivity index is 2.16. The molecule has 1 heterocycles. The Morgan fingerprint density at radius 1 is 1.12 bits per heavy atom. The van der Waals surface area contributed by atoms with Gasteiger partial charge >= 0.3 is 0 Å². The minimum absolute atomic E-state index is 0.00576. The quantitative estimate of drug-likeness (QED) is 0.662. The number of rotatable bonds is 3. The molecule has 25 heavy (non-hydrogen) atoms. The zero-order valence-electron chi connectivity index (χ0n) is 12.8. The van der Waals surface area contributed by atoms with Gasteiger partial charge < -0.3 is 10.6 Å². The molecule has 0 unspecified atom stereocenters. The zero-order valence-corrected chi connectivity index (χ0v) is 14.3. The average molecular weight is 372 g/mol.